The lowest BCUT2D eigenvalue weighted by atomic mass is 10.1. The third-order valence-corrected chi connectivity index (χ3v) is 2.17. The van der Waals surface area contributed by atoms with Gasteiger partial charge in [-0.05, 0) is 25.9 Å². The van der Waals surface area contributed by atoms with Crippen LogP contribution in [-0.4, -0.2) is 56.8 Å². The van der Waals surface area contributed by atoms with Crippen molar-refractivity contribution in [3.8, 4) is 0 Å². The molecule has 0 aromatic heterocycles. The summed E-state index contributed by atoms with van der Waals surface area (Å²) >= 11 is 0. The molecule has 5 nitrogen and oxygen atoms in total. The maximum atomic E-state index is 10.6. The molecule has 0 aromatic rings. The van der Waals surface area contributed by atoms with E-state index in [1.54, 1.807) is 7.11 Å². The van der Waals surface area contributed by atoms with E-state index < -0.39 is 12.1 Å². The van der Waals surface area contributed by atoms with Gasteiger partial charge in [-0.3, -0.25) is 0 Å². The van der Waals surface area contributed by atoms with E-state index in [-0.39, 0.29) is 0 Å². The SMILES string of the molecule is COCCOC1CCNCC1.O=C(O)C(F)(F)F. The highest BCUT2D eigenvalue weighted by atomic mass is 19.4. The molecule has 108 valence electrons. The molecule has 18 heavy (non-hydrogen) atoms. The highest BCUT2D eigenvalue weighted by Crippen LogP contribution is 2.13. The van der Waals surface area contributed by atoms with Crippen molar-refractivity contribution in [1.82, 2.24) is 5.32 Å². The topological polar surface area (TPSA) is 67.8 Å². The molecule has 1 saturated heterocycles. The number of ether oxygens (including phenoxy) is 2. The summed E-state index contributed by atoms with van der Waals surface area (Å²) in [5.41, 5.74) is 0. The third kappa shape index (κ3) is 9.20. The number of nitrogens with one attached hydrogen (secondary N) is 1. The number of carboxylic acid groups (broad SMARTS) is 1. The Bertz CT molecular complexity index is 230. The van der Waals surface area contributed by atoms with Crippen LogP contribution in [0.5, 0.6) is 0 Å². The molecule has 0 aliphatic carbocycles. The van der Waals surface area contributed by atoms with E-state index in [1.807, 2.05) is 0 Å². The molecule has 1 aliphatic heterocycles. The van der Waals surface area contributed by atoms with Gasteiger partial charge in [-0.2, -0.15) is 13.2 Å². The molecule has 1 aliphatic rings. The highest BCUT2D eigenvalue weighted by molar-refractivity contribution is 5.73. The fourth-order valence-corrected chi connectivity index (χ4v) is 1.26. The second-order valence-electron chi connectivity index (χ2n) is 3.62. The normalized spacial score (nSPS) is 16.9. The van der Waals surface area contributed by atoms with Crippen LogP contribution in [0.25, 0.3) is 0 Å². The second-order valence-corrected chi connectivity index (χ2v) is 3.62. The molecule has 8 heteroatoms. The number of methoxy groups -OCH3 is 1. The maximum absolute atomic E-state index is 10.6. The van der Waals surface area contributed by atoms with Gasteiger partial charge in [0.25, 0.3) is 0 Å². The summed E-state index contributed by atoms with van der Waals surface area (Å²) in [6.45, 7) is 3.64. The predicted octanol–water partition coefficient (Wildman–Crippen LogP) is 1.03. The maximum Gasteiger partial charge on any atom is 0.490 e. The van der Waals surface area contributed by atoms with Gasteiger partial charge in [-0.25, -0.2) is 4.79 Å². The van der Waals surface area contributed by atoms with Gasteiger partial charge in [0.15, 0.2) is 0 Å². The van der Waals surface area contributed by atoms with Crippen molar-refractivity contribution in [1.29, 1.82) is 0 Å². The Balaban J connectivity index is 0.000000360. The molecule has 2 N–H and O–H groups in total. The number of carbonyl (C=O) groups is 1. The summed E-state index contributed by atoms with van der Waals surface area (Å²) in [4.78, 5) is 8.90. The van der Waals surface area contributed by atoms with Crippen molar-refractivity contribution < 1.29 is 32.5 Å². The average Bonchev–Trinajstić information content (AvgIpc) is 2.30. The summed E-state index contributed by atoms with van der Waals surface area (Å²) in [5, 5.41) is 10.4. The summed E-state index contributed by atoms with van der Waals surface area (Å²) in [5.74, 6) is -2.76. The monoisotopic (exact) mass is 273 g/mol. The lowest BCUT2D eigenvalue weighted by Crippen LogP contribution is -2.33. The zero-order valence-corrected chi connectivity index (χ0v) is 10.1. The van der Waals surface area contributed by atoms with Crippen molar-refractivity contribution in [3.63, 3.8) is 0 Å². The first-order valence-electron chi connectivity index (χ1n) is 5.49. The van der Waals surface area contributed by atoms with E-state index >= 15 is 0 Å². The van der Waals surface area contributed by atoms with Crippen molar-refractivity contribution >= 4 is 5.97 Å². The largest absolute Gasteiger partial charge is 0.490 e. The van der Waals surface area contributed by atoms with Crippen LogP contribution < -0.4 is 5.32 Å². The van der Waals surface area contributed by atoms with Crippen LogP contribution in [0.2, 0.25) is 0 Å². The molecule has 1 heterocycles. The summed E-state index contributed by atoms with van der Waals surface area (Å²) in [6.07, 6.45) is -2.33. The molecule has 0 saturated carbocycles. The van der Waals surface area contributed by atoms with Crippen LogP contribution in [0.1, 0.15) is 12.8 Å². The van der Waals surface area contributed by atoms with Crippen molar-refractivity contribution in [2.75, 3.05) is 33.4 Å². The first kappa shape index (κ1) is 17.1. The molecule has 0 radical (unpaired) electrons. The molecule has 0 unspecified atom stereocenters. The van der Waals surface area contributed by atoms with Crippen molar-refractivity contribution in [3.05, 3.63) is 0 Å². The quantitative estimate of drug-likeness (QED) is 0.749. The Morgan fingerprint density at radius 1 is 1.33 bits per heavy atom. The van der Waals surface area contributed by atoms with Gasteiger partial charge >= 0.3 is 12.1 Å². The van der Waals surface area contributed by atoms with Crippen LogP contribution in [0.15, 0.2) is 0 Å². The molecular formula is C10H18F3NO4. The van der Waals surface area contributed by atoms with Gasteiger partial charge in [-0.15, -0.1) is 0 Å². The Labute approximate surface area is 103 Å². The molecular weight excluding hydrogens is 255 g/mol. The zero-order chi connectivity index (χ0) is 14.0. The van der Waals surface area contributed by atoms with Gasteiger partial charge in [0, 0.05) is 7.11 Å². The lowest BCUT2D eigenvalue weighted by Gasteiger charge is -2.22. The number of carboxylic acids is 1. The fourth-order valence-electron chi connectivity index (χ4n) is 1.26. The number of halogens is 3. The van der Waals surface area contributed by atoms with Gasteiger partial charge < -0.3 is 19.9 Å². The molecule has 0 aromatic carbocycles. The number of hydrogen-bond donors (Lipinski definition) is 2. The van der Waals surface area contributed by atoms with Crippen LogP contribution in [-0.2, 0) is 14.3 Å². The van der Waals surface area contributed by atoms with Gasteiger partial charge in [-0.1, -0.05) is 0 Å². The standard InChI is InChI=1S/C8H17NO2.C2HF3O2/c1-10-6-7-11-8-2-4-9-5-3-8;3-2(4,5)1(6)7/h8-9H,2-7H2,1H3;(H,6,7). The van der Waals surface area contributed by atoms with Crippen LogP contribution >= 0.6 is 0 Å². The Morgan fingerprint density at radius 2 is 1.83 bits per heavy atom. The first-order chi connectivity index (χ1) is 8.38. The number of piperidine rings is 1. The van der Waals surface area contributed by atoms with Gasteiger partial charge in [0.05, 0.1) is 19.3 Å². The molecule has 1 fully saturated rings. The molecule has 0 spiro atoms. The second kappa shape index (κ2) is 9.12. The number of alkyl halides is 3. The number of rotatable bonds is 4. The summed E-state index contributed by atoms with van der Waals surface area (Å²) in [6, 6.07) is 0. The van der Waals surface area contributed by atoms with Crippen LogP contribution in [0.3, 0.4) is 0 Å². The van der Waals surface area contributed by atoms with Gasteiger partial charge in [0.1, 0.15) is 0 Å². The minimum absolute atomic E-state index is 0.464. The van der Waals surface area contributed by atoms with E-state index in [4.69, 9.17) is 19.4 Å². The average molecular weight is 273 g/mol. The third-order valence-electron chi connectivity index (χ3n) is 2.17. The van der Waals surface area contributed by atoms with Crippen LogP contribution in [0.4, 0.5) is 13.2 Å². The van der Waals surface area contributed by atoms with E-state index in [1.165, 1.54) is 0 Å². The van der Waals surface area contributed by atoms with Crippen LogP contribution in [0, 0.1) is 0 Å². The summed E-state index contributed by atoms with van der Waals surface area (Å²) < 4.78 is 42.2. The molecule has 1 rings (SSSR count). The van der Waals surface area contributed by atoms with E-state index in [2.05, 4.69) is 5.32 Å². The fraction of sp³-hybridized carbons (Fsp3) is 0.900. The van der Waals surface area contributed by atoms with Gasteiger partial charge in [0.2, 0.25) is 0 Å². The van der Waals surface area contributed by atoms with Crippen molar-refractivity contribution in [2.45, 2.75) is 25.1 Å². The molecule has 0 bridgehead atoms. The predicted molar refractivity (Wildman–Crippen MR) is 57.4 cm³/mol. The van der Waals surface area contributed by atoms with E-state index in [0.29, 0.717) is 12.7 Å². The number of hydrogen-bond acceptors (Lipinski definition) is 4. The minimum atomic E-state index is -5.08. The summed E-state index contributed by atoms with van der Waals surface area (Å²) in [7, 11) is 1.70. The van der Waals surface area contributed by atoms with E-state index in [0.717, 1.165) is 32.5 Å². The number of aliphatic carboxylic acids is 1. The Kier molecular flexibility index (Phi) is 8.69. The Morgan fingerprint density at radius 3 is 2.22 bits per heavy atom. The highest BCUT2D eigenvalue weighted by Gasteiger charge is 2.38. The molecule has 0 amide bonds. The minimum Gasteiger partial charge on any atom is -0.475 e. The first-order valence-corrected chi connectivity index (χ1v) is 5.49. The zero-order valence-electron chi connectivity index (χ0n) is 10.1. The Hall–Kier alpha value is -0.860. The lowest BCUT2D eigenvalue weighted by molar-refractivity contribution is -0.192. The van der Waals surface area contributed by atoms with E-state index in [9.17, 15) is 13.2 Å². The smallest absolute Gasteiger partial charge is 0.475 e. The molecule has 0 atom stereocenters. The van der Waals surface area contributed by atoms with Crippen molar-refractivity contribution in [2.24, 2.45) is 0 Å².